The maximum Gasteiger partial charge on any atom is 0.244 e. The molecule has 2 bridgehead atoms. The van der Waals surface area contributed by atoms with E-state index in [2.05, 4.69) is 10.2 Å². The first-order chi connectivity index (χ1) is 9.70. The number of carbonyl (C=O) groups is 1. The average Bonchev–Trinajstić information content (AvgIpc) is 2.48. The fourth-order valence-electron chi connectivity index (χ4n) is 3.11. The summed E-state index contributed by atoms with van der Waals surface area (Å²) in [7, 11) is 0. The minimum atomic E-state index is -0.265. The number of halogens is 1. The minimum Gasteiger partial charge on any atom is -0.348 e. The van der Waals surface area contributed by atoms with E-state index in [1.54, 1.807) is 18.2 Å². The summed E-state index contributed by atoms with van der Waals surface area (Å²) in [5.41, 5.74) is 0.829. The Morgan fingerprint density at radius 3 is 2.55 bits per heavy atom. The van der Waals surface area contributed by atoms with Crippen LogP contribution in [-0.2, 0) is 4.79 Å². The van der Waals surface area contributed by atoms with Gasteiger partial charge in [-0.25, -0.2) is 4.39 Å². The fraction of sp³-hybridized carbons (Fsp3) is 0.438. The molecule has 3 heterocycles. The third-order valence-electron chi connectivity index (χ3n) is 4.28. The molecule has 0 saturated carbocycles. The van der Waals surface area contributed by atoms with E-state index >= 15 is 0 Å². The van der Waals surface area contributed by atoms with Crippen LogP contribution >= 0.6 is 0 Å². The average molecular weight is 274 g/mol. The van der Waals surface area contributed by atoms with E-state index in [-0.39, 0.29) is 17.8 Å². The van der Waals surface area contributed by atoms with Gasteiger partial charge >= 0.3 is 0 Å². The number of rotatable bonds is 3. The molecule has 0 aliphatic carbocycles. The lowest BCUT2D eigenvalue weighted by molar-refractivity contribution is -0.118. The predicted octanol–water partition coefficient (Wildman–Crippen LogP) is 2.05. The molecule has 1 N–H and O–H groups in total. The van der Waals surface area contributed by atoms with Crippen molar-refractivity contribution < 1.29 is 9.18 Å². The van der Waals surface area contributed by atoms with Gasteiger partial charge in [-0.1, -0.05) is 12.1 Å². The van der Waals surface area contributed by atoms with E-state index in [4.69, 9.17) is 0 Å². The van der Waals surface area contributed by atoms with E-state index < -0.39 is 0 Å². The summed E-state index contributed by atoms with van der Waals surface area (Å²) in [5, 5.41) is 3.09. The zero-order valence-electron chi connectivity index (χ0n) is 11.4. The third kappa shape index (κ3) is 3.07. The second-order valence-corrected chi connectivity index (χ2v) is 5.64. The number of carbonyl (C=O) groups excluding carboxylic acids is 1. The van der Waals surface area contributed by atoms with Crippen molar-refractivity contribution in [1.82, 2.24) is 10.2 Å². The van der Waals surface area contributed by atoms with Crippen LogP contribution in [0.4, 0.5) is 4.39 Å². The van der Waals surface area contributed by atoms with E-state index in [0.29, 0.717) is 5.92 Å². The maximum absolute atomic E-state index is 12.8. The molecule has 3 fully saturated rings. The molecule has 4 rings (SSSR count). The maximum atomic E-state index is 12.8. The molecule has 3 aliphatic heterocycles. The molecule has 1 unspecified atom stereocenters. The zero-order chi connectivity index (χ0) is 13.9. The van der Waals surface area contributed by atoms with Crippen LogP contribution in [0.1, 0.15) is 18.4 Å². The number of piperidine rings is 3. The second-order valence-electron chi connectivity index (χ2n) is 5.64. The first-order valence-corrected chi connectivity index (χ1v) is 7.17. The van der Waals surface area contributed by atoms with Crippen molar-refractivity contribution >= 4 is 12.0 Å². The largest absolute Gasteiger partial charge is 0.348 e. The number of amides is 1. The van der Waals surface area contributed by atoms with Gasteiger partial charge in [-0.2, -0.15) is 0 Å². The summed E-state index contributed by atoms with van der Waals surface area (Å²) in [6.07, 6.45) is 5.63. The molecule has 1 aromatic carbocycles. The molecule has 3 saturated heterocycles. The normalized spacial score (nSPS) is 28.8. The van der Waals surface area contributed by atoms with Gasteiger partial charge in [-0.3, -0.25) is 4.79 Å². The lowest BCUT2D eigenvalue weighted by atomic mass is 9.84. The third-order valence-corrected chi connectivity index (χ3v) is 4.28. The Morgan fingerprint density at radius 1 is 1.25 bits per heavy atom. The SMILES string of the molecule is O=C(/C=C/c1ccc(F)cc1)NC1CN2CCC1CC2. The minimum absolute atomic E-state index is 0.0620. The molecular weight excluding hydrogens is 255 g/mol. The fourth-order valence-corrected chi connectivity index (χ4v) is 3.11. The molecule has 0 spiro atoms. The number of nitrogens with zero attached hydrogens (tertiary/aromatic N) is 1. The van der Waals surface area contributed by atoms with Crippen LogP contribution in [0.5, 0.6) is 0 Å². The highest BCUT2D eigenvalue weighted by Gasteiger charge is 2.34. The Balaban J connectivity index is 1.55. The second kappa shape index (κ2) is 5.75. The van der Waals surface area contributed by atoms with Crippen LogP contribution < -0.4 is 5.32 Å². The van der Waals surface area contributed by atoms with Crippen LogP contribution in [0.3, 0.4) is 0 Å². The van der Waals surface area contributed by atoms with Crippen molar-refractivity contribution in [1.29, 1.82) is 0 Å². The Hall–Kier alpha value is -1.68. The number of benzene rings is 1. The van der Waals surface area contributed by atoms with Crippen molar-refractivity contribution in [3.05, 3.63) is 41.7 Å². The van der Waals surface area contributed by atoms with Crippen LogP contribution in [0, 0.1) is 11.7 Å². The van der Waals surface area contributed by atoms with Crippen molar-refractivity contribution in [2.24, 2.45) is 5.92 Å². The molecule has 0 aromatic heterocycles. The molecule has 106 valence electrons. The number of hydrogen-bond acceptors (Lipinski definition) is 2. The summed E-state index contributed by atoms with van der Waals surface area (Å²) in [6, 6.07) is 6.39. The van der Waals surface area contributed by atoms with Crippen molar-refractivity contribution in [3.63, 3.8) is 0 Å². The van der Waals surface area contributed by atoms with Gasteiger partial charge in [0.25, 0.3) is 0 Å². The lowest BCUT2D eigenvalue weighted by Gasteiger charge is -2.44. The number of nitrogens with one attached hydrogen (secondary N) is 1. The molecule has 4 heteroatoms. The van der Waals surface area contributed by atoms with Gasteiger partial charge in [-0.15, -0.1) is 0 Å². The van der Waals surface area contributed by atoms with Crippen molar-refractivity contribution in [2.45, 2.75) is 18.9 Å². The molecule has 20 heavy (non-hydrogen) atoms. The molecule has 1 amide bonds. The summed E-state index contributed by atoms with van der Waals surface area (Å²) in [5.74, 6) is 0.301. The lowest BCUT2D eigenvalue weighted by Crippen LogP contribution is -2.57. The van der Waals surface area contributed by atoms with Crippen LogP contribution in [0.2, 0.25) is 0 Å². The van der Waals surface area contributed by atoms with E-state index in [0.717, 1.165) is 12.1 Å². The van der Waals surface area contributed by atoms with Gasteiger partial charge in [0.15, 0.2) is 0 Å². The van der Waals surface area contributed by atoms with Gasteiger partial charge in [0, 0.05) is 18.7 Å². The van der Waals surface area contributed by atoms with Crippen LogP contribution in [-0.4, -0.2) is 36.5 Å². The first kappa shape index (κ1) is 13.3. The topological polar surface area (TPSA) is 32.3 Å². The Bertz CT molecular complexity index is 504. The molecule has 3 aliphatic rings. The quantitative estimate of drug-likeness (QED) is 0.856. The highest BCUT2D eigenvalue weighted by atomic mass is 19.1. The molecule has 0 radical (unpaired) electrons. The smallest absolute Gasteiger partial charge is 0.244 e. The Labute approximate surface area is 118 Å². The molecule has 1 aromatic rings. The monoisotopic (exact) mass is 274 g/mol. The summed E-state index contributed by atoms with van der Waals surface area (Å²) < 4.78 is 12.8. The molecule has 1 atom stereocenters. The first-order valence-electron chi connectivity index (χ1n) is 7.17. The van der Waals surface area contributed by atoms with E-state index in [1.807, 2.05) is 0 Å². The van der Waals surface area contributed by atoms with Crippen LogP contribution in [0.15, 0.2) is 30.3 Å². The predicted molar refractivity (Wildman–Crippen MR) is 76.5 cm³/mol. The summed E-state index contributed by atoms with van der Waals surface area (Å²) in [6.45, 7) is 3.31. The van der Waals surface area contributed by atoms with Crippen LogP contribution in [0.25, 0.3) is 6.08 Å². The standard InChI is InChI=1S/C16H19FN2O/c17-14-4-1-12(2-5-14)3-6-16(20)18-15-11-19-9-7-13(15)8-10-19/h1-6,13,15H,7-11H2,(H,18,20)/b6-3+. The number of fused-ring (bicyclic) bond motifs is 3. The van der Waals surface area contributed by atoms with E-state index in [9.17, 15) is 9.18 Å². The van der Waals surface area contributed by atoms with Gasteiger partial charge in [-0.05, 0) is 55.6 Å². The zero-order valence-corrected chi connectivity index (χ0v) is 11.4. The molecular formula is C16H19FN2O. The summed E-state index contributed by atoms with van der Waals surface area (Å²) in [4.78, 5) is 14.3. The van der Waals surface area contributed by atoms with Gasteiger partial charge < -0.3 is 10.2 Å². The van der Waals surface area contributed by atoms with Crippen molar-refractivity contribution in [2.75, 3.05) is 19.6 Å². The highest BCUT2D eigenvalue weighted by molar-refractivity contribution is 5.91. The molecule has 3 nitrogen and oxygen atoms in total. The summed E-state index contributed by atoms with van der Waals surface area (Å²) >= 11 is 0. The van der Waals surface area contributed by atoms with Gasteiger partial charge in [0.05, 0.1) is 0 Å². The number of hydrogen-bond donors (Lipinski definition) is 1. The highest BCUT2D eigenvalue weighted by Crippen LogP contribution is 2.27. The Morgan fingerprint density at radius 2 is 1.95 bits per heavy atom. The van der Waals surface area contributed by atoms with E-state index in [1.165, 1.54) is 44.1 Å². The van der Waals surface area contributed by atoms with Gasteiger partial charge in [0.1, 0.15) is 5.82 Å². The van der Waals surface area contributed by atoms with Gasteiger partial charge in [0.2, 0.25) is 5.91 Å². The van der Waals surface area contributed by atoms with Crippen molar-refractivity contribution in [3.8, 4) is 0 Å². The Kier molecular flexibility index (Phi) is 3.83.